The summed E-state index contributed by atoms with van der Waals surface area (Å²) in [6.45, 7) is 19.5. The van der Waals surface area contributed by atoms with Gasteiger partial charge in [0.1, 0.15) is 0 Å². The minimum absolute atomic E-state index is 0.0493. The van der Waals surface area contributed by atoms with Gasteiger partial charge in [0.2, 0.25) is 0 Å². The molecule has 2 bridgehead atoms. The van der Waals surface area contributed by atoms with Crippen LogP contribution < -0.4 is 0 Å². The van der Waals surface area contributed by atoms with Gasteiger partial charge in [-0.3, -0.25) is 9.69 Å². The van der Waals surface area contributed by atoms with E-state index in [0.717, 1.165) is 30.5 Å². The summed E-state index contributed by atoms with van der Waals surface area (Å²) in [7, 11) is 0.183. The number of carbonyl (C=O) groups is 1. The molecule has 4 nitrogen and oxygen atoms in total. The Kier molecular flexibility index (Phi) is 7.23. The van der Waals surface area contributed by atoms with Gasteiger partial charge in [-0.15, -0.1) is 0 Å². The Labute approximate surface area is 202 Å². The highest BCUT2D eigenvalue weighted by molar-refractivity contribution is 6.74. The van der Waals surface area contributed by atoms with Gasteiger partial charge in [-0.2, -0.15) is 0 Å². The first kappa shape index (κ1) is 26.3. The van der Waals surface area contributed by atoms with E-state index in [2.05, 4.69) is 89.9 Å². The highest BCUT2D eigenvalue weighted by Crippen LogP contribution is 2.65. The highest BCUT2D eigenvalue weighted by Gasteiger charge is 2.63. The Bertz CT molecular complexity index is 897. The number of nitrogens with zero attached hydrogens (tertiary/aromatic N) is 1. The van der Waals surface area contributed by atoms with E-state index >= 15 is 0 Å². The quantitative estimate of drug-likeness (QED) is 0.378. The van der Waals surface area contributed by atoms with Crippen molar-refractivity contribution in [1.82, 2.24) is 4.90 Å². The van der Waals surface area contributed by atoms with Gasteiger partial charge in [0.15, 0.2) is 14.1 Å². The third kappa shape index (κ3) is 5.07. The van der Waals surface area contributed by atoms with Crippen LogP contribution in [0.2, 0.25) is 18.1 Å². The number of aliphatic hydroxyl groups excluding tert-OH is 1. The number of benzene rings is 1. The molecule has 0 radical (unpaired) electrons. The molecule has 0 heterocycles. The molecule has 0 aliphatic heterocycles. The molecule has 33 heavy (non-hydrogen) atoms. The monoisotopic (exact) mass is 471 g/mol. The van der Waals surface area contributed by atoms with Crippen molar-refractivity contribution >= 4 is 20.2 Å². The number of Topliss-reactive ketones (excluding diaryl/α,β-unsaturated/α-hetero) is 1. The third-order valence-corrected chi connectivity index (χ3v) is 13.6. The zero-order valence-corrected chi connectivity index (χ0v) is 23.3. The van der Waals surface area contributed by atoms with Gasteiger partial charge < -0.3 is 9.53 Å². The van der Waals surface area contributed by atoms with Crippen LogP contribution in [0.4, 0.5) is 0 Å². The summed E-state index contributed by atoms with van der Waals surface area (Å²) in [6.07, 6.45) is 3.75. The largest absolute Gasteiger partial charge is 0.414 e. The van der Waals surface area contributed by atoms with Crippen molar-refractivity contribution in [3.05, 3.63) is 41.0 Å². The van der Waals surface area contributed by atoms with E-state index in [1.54, 1.807) is 0 Å². The molecule has 1 N–H and O–H groups in total. The number of hydrogen-bond acceptors (Lipinski definition) is 4. The Hall–Kier alpha value is -1.27. The van der Waals surface area contributed by atoms with Crippen LogP contribution in [0, 0.1) is 16.7 Å². The van der Waals surface area contributed by atoms with Gasteiger partial charge >= 0.3 is 0 Å². The molecule has 2 saturated carbocycles. The Morgan fingerprint density at radius 1 is 1.21 bits per heavy atom. The molecule has 2 aliphatic carbocycles. The molecule has 1 aromatic rings. The predicted molar refractivity (Wildman–Crippen MR) is 140 cm³/mol. The normalized spacial score (nSPS) is 27.1. The number of hydrogen-bond donors (Lipinski definition) is 1. The lowest BCUT2D eigenvalue weighted by atomic mass is 9.70. The number of aliphatic hydroxyl groups is 1. The Morgan fingerprint density at radius 3 is 2.33 bits per heavy atom. The van der Waals surface area contributed by atoms with Gasteiger partial charge in [0, 0.05) is 18.5 Å². The maximum absolute atomic E-state index is 13.1. The second-order valence-electron chi connectivity index (χ2n) is 12.7. The third-order valence-electron chi connectivity index (χ3n) is 9.08. The van der Waals surface area contributed by atoms with Gasteiger partial charge in [-0.05, 0) is 72.1 Å². The van der Waals surface area contributed by atoms with Crippen LogP contribution in [0.15, 0.2) is 29.8 Å². The van der Waals surface area contributed by atoms with Crippen molar-refractivity contribution in [3.63, 3.8) is 0 Å². The summed E-state index contributed by atoms with van der Waals surface area (Å²) in [5.41, 5.74) is 3.15. The van der Waals surface area contributed by atoms with Crippen molar-refractivity contribution in [2.24, 2.45) is 16.7 Å². The molecule has 3 atom stereocenters. The molecule has 0 amide bonds. The average Bonchev–Trinajstić information content (AvgIpc) is 3.00. The molecule has 184 valence electrons. The standard InChI is InChI=1S/C28H45NO3Si/c1-26(2,3)33(8,9)32-19-22(30)18-29(7)17-21-12-10-20(11-13-21)16-23-24-14-15-28(6,25(23)31)27(24,4)5/h10-13,16,22,24,30H,14-15,17-19H2,1-9H3. The molecule has 3 unspecified atom stereocenters. The summed E-state index contributed by atoms with van der Waals surface area (Å²) in [4.78, 5) is 15.2. The van der Waals surface area contributed by atoms with Crippen LogP contribution in [0.3, 0.4) is 0 Å². The van der Waals surface area contributed by atoms with E-state index in [0.29, 0.717) is 24.9 Å². The Balaban J connectivity index is 1.56. The van der Waals surface area contributed by atoms with E-state index in [9.17, 15) is 9.90 Å². The first-order chi connectivity index (χ1) is 15.1. The summed E-state index contributed by atoms with van der Waals surface area (Å²) >= 11 is 0. The fourth-order valence-corrected chi connectivity index (χ4v) is 6.34. The van der Waals surface area contributed by atoms with Gasteiger partial charge in [-0.25, -0.2) is 0 Å². The fourth-order valence-electron chi connectivity index (χ4n) is 5.30. The van der Waals surface area contributed by atoms with E-state index < -0.39 is 14.4 Å². The van der Waals surface area contributed by atoms with Crippen LogP contribution in [0.25, 0.3) is 6.08 Å². The summed E-state index contributed by atoms with van der Waals surface area (Å²) in [6, 6.07) is 8.49. The SMILES string of the molecule is CN(Cc1ccc(C=C2C(=O)C3(C)CCC2C3(C)C)cc1)CC(O)CO[Si](C)(C)C(C)(C)C. The molecule has 5 heteroatoms. The lowest BCUT2D eigenvalue weighted by molar-refractivity contribution is -0.125. The van der Waals surface area contributed by atoms with Crippen molar-refractivity contribution in [2.45, 2.75) is 85.2 Å². The fraction of sp³-hybridized carbons (Fsp3) is 0.679. The first-order valence-electron chi connectivity index (χ1n) is 12.4. The highest BCUT2D eigenvalue weighted by atomic mass is 28.4. The van der Waals surface area contributed by atoms with Crippen molar-refractivity contribution < 1.29 is 14.3 Å². The second-order valence-corrected chi connectivity index (χ2v) is 17.5. The van der Waals surface area contributed by atoms with E-state index in [4.69, 9.17) is 4.43 Å². The van der Waals surface area contributed by atoms with Crippen molar-refractivity contribution in [2.75, 3.05) is 20.2 Å². The maximum Gasteiger partial charge on any atom is 0.192 e. The van der Waals surface area contributed by atoms with Crippen LogP contribution in [0.1, 0.15) is 65.5 Å². The molecular weight excluding hydrogens is 426 g/mol. The smallest absolute Gasteiger partial charge is 0.192 e. The van der Waals surface area contributed by atoms with Gasteiger partial charge in [0.25, 0.3) is 0 Å². The van der Waals surface area contributed by atoms with Gasteiger partial charge in [-0.1, -0.05) is 65.8 Å². The number of ketones is 1. The minimum atomic E-state index is -1.85. The predicted octanol–water partition coefficient (Wildman–Crippen LogP) is 5.91. The summed E-state index contributed by atoms with van der Waals surface area (Å²) in [5.74, 6) is 0.720. The summed E-state index contributed by atoms with van der Waals surface area (Å²) < 4.78 is 6.17. The number of allylic oxidation sites excluding steroid dienone is 1. The topological polar surface area (TPSA) is 49.8 Å². The number of carbonyl (C=O) groups excluding carboxylic acids is 1. The van der Waals surface area contributed by atoms with Crippen molar-refractivity contribution in [3.8, 4) is 0 Å². The lowest BCUT2D eigenvalue weighted by Gasteiger charge is -2.37. The van der Waals surface area contributed by atoms with Crippen molar-refractivity contribution in [1.29, 1.82) is 0 Å². The maximum atomic E-state index is 13.1. The summed E-state index contributed by atoms with van der Waals surface area (Å²) in [5, 5.41) is 10.6. The van der Waals surface area contributed by atoms with E-state index in [1.165, 1.54) is 5.56 Å². The number of fused-ring (bicyclic) bond motifs is 2. The minimum Gasteiger partial charge on any atom is -0.414 e. The van der Waals surface area contributed by atoms with Crippen LogP contribution in [0.5, 0.6) is 0 Å². The average molecular weight is 472 g/mol. The molecular formula is C28H45NO3Si. The zero-order valence-electron chi connectivity index (χ0n) is 22.3. The van der Waals surface area contributed by atoms with Crippen LogP contribution in [-0.4, -0.2) is 50.4 Å². The molecule has 2 aliphatic rings. The molecule has 0 aromatic heterocycles. The molecule has 1 aromatic carbocycles. The Morgan fingerprint density at radius 2 is 1.82 bits per heavy atom. The second kappa shape index (κ2) is 9.07. The van der Waals surface area contributed by atoms with Crippen LogP contribution in [-0.2, 0) is 15.8 Å². The van der Waals surface area contributed by atoms with E-state index in [-0.39, 0.29) is 15.9 Å². The first-order valence-corrected chi connectivity index (χ1v) is 15.4. The lowest BCUT2D eigenvalue weighted by Crippen LogP contribution is -2.44. The molecule has 0 saturated heterocycles. The number of likely N-dealkylation sites (N-methyl/N-ethyl adjacent to an activating group) is 1. The van der Waals surface area contributed by atoms with E-state index in [1.807, 2.05) is 7.05 Å². The molecule has 0 spiro atoms. The zero-order chi connectivity index (χ0) is 24.8. The van der Waals surface area contributed by atoms with Gasteiger partial charge in [0.05, 0.1) is 12.7 Å². The number of rotatable bonds is 8. The molecule has 2 fully saturated rings. The van der Waals surface area contributed by atoms with Crippen LogP contribution >= 0.6 is 0 Å². The molecule has 3 rings (SSSR count).